The molecule has 122 valence electrons. The van der Waals surface area contributed by atoms with Crippen LogP contribution in [0.25, 0.3) is 11.4 Å². The fraction of sp³-hybridized carbons (Fsp3) is 0.176. The second kappa shape index (κ2) is 7.70. The summed E-state index contributed by atoms with van der Waals surface area (Å²) in [6, 6.07) is 11.0. The average Bonchev–Trinajstić information content (AvgIpc) is 3.08. The van der Waals surface area contributed by atoms with Crippen molar-refractivity contribution >= 4 is 17.5 Å². The average molecular weight is 343 g/mol. The molecule has 0 bridgehead atoms. The third kappa shape index (κ3) is 4.39. The van der Waals surface area contributed by atoms with Crippen LogP contribution in [0.5, 0.6) is 0 Å². The van der Waals surface area contributed by atoms with Gasteiger partial charge >= 0.3 is 0 Å². The third-order valence-electron chi connectivity index (χ3n) is 3.35. The van der Waals surface area contributed by atoms with Crippen molar-refractivity contribution in [1.29, 1.82) is 0 Å². The zero-order chi connectivity index (χ0) is 16.8. The van der Waals surface area contributed by atoms with Crippen molar-refractivity contribution in [3.05, 3.63) is 65.3 Å². The first-order valence-electron chi connectivity index (χ1n) is 7.45. The van der Waals surface area contributed by atoms with E-state index < -0.39 is 0 Å². The molecule has 0 atom stereocenters. The van der Waals surface area contributed by atoms with Crippen LogP contribution < -0.4 is 5.32 Å². The summed E-state index contributed by atoms with van der Waals surface area (Å²) in [4.78, 5) is 20.1. The number of halogens is 1. The van der Waals surface area contributed by atoms with E-state index in [1.54, 1.807) is 30.6 Å². The lowest BCUT2D eigenvalue weighted by Crippen LogP contribution is -2.23. The highest BCUT2D eigenvalue weighted by molar-refractivity contribution is 6.30. The van der Waals surface area contributed by atoms with E-state index in [9.17, 15) is 4.79 Å². The Balaban J connectivity index is 1.49. The molecule has 2 aromatic heterocycles. The summed E-state index contributed by atoms with van der Waals surface area (Å²) < 4.78 is 5.17. The van der Waals surface area contributed by atoms with Gasteiger partial charge in [-0.05, 0) is 29.8 Å². The lowest BCUT2D eigenvalue weighted by atomic mass is 10.2. The van der Waals surface area contributed by atoms with Crippen LogP contribution in [0.2, 0.25) is 5.02 Å². The minimum Gasteiger partial charge on any atom is -0.352 e. The number of aromatic nitrogens is 3. The monoisotopic (exact) mass is 342 g/mol. The van der Waals surface area contributed by atoms with Crippen molar-refractivity contribution in [3.8, 4) is 11.4 Å². The SMILES string of the molecule is O=C(CCc1nc(-c2ccncc2)no1)NCc1cccc(Cl)c1. The molecule has 0 aliphatic rings. The van der Waals surface area contributed by atoms with Gasteiger partial charge in [0.05, 0.1) is 0 Å². The summed E-state index contributed by atoms with van der Waals surface area (Å²) in [5.74, 6) is 0.838. The molecule has 2 heterocycles. The predicted molar refractivity (Wildman–Crippen MR) is 89.1 cm³/mol. The summed E-state index contributed by atoms with van der Waals surface area (Å²) in [5.41, 5.74) is 1.78. The Bertz CT molecular complexity index is 820. The first-order chi connectivity index (χ1) is 11.7. The van der Waals surface area contributed by atoms with Crippen LogP contribution in [0, 0.1) is 0 Å². The Morgan fingerprint density at radius 2 is 2.04 bits per heavy atom. The number of rotatable bonds is 6. The summed E-state index contributed by atoms with van der Waals surface area (Å²) >= 11 is 5.91. The van der Waals surface area contributed by atoms with Crippen LogP contribution in [-0.4, -0.2) is 21.0 Å². The van der Waals surface area contributed by atoms with E-state index in [4.69, 9.17) is 16.1 Å². The molecule has 0 aliphatic heterocycles. The molecule has 0 spiro atoms. The molecule has 1 amide bonds. The van der Waals surface area contributed by atoms with Gasteiger partial charge in [-0.3, -0.25) is 9.78 Å². The van der Waals surface area contributed by atoms with Gasteiger partial charge in [0, 0.05) is 42.4 Å². The van der Waals surface area contributed by atoms with E-state index in [1.165, 1.54) is 0 Å². The van der Waals surface area contributed by atoms with Gasteiger partial charge in [0.25, 0.3) is 0 Å². The topological polar surface area (TPSA) is 80.9 Å². The zero-order valence-corrected chi connectivity index (χ0v) is 13.5. The molecule has 0 unspecified atom stereocenters. The van der Waals surface area contributed by atoms with Gasteiger partial charge in [0.2, 0.25) is 17.6 Å². The molecule has 1 aromatic carbocycles. The standard InChI is InChI=1S/C17H15ClN4O2/c18-14-3-1-2-12(10-14)11-20-15(23)4-5-16-21-17(22-24-16)13-6-8-19-9-7-13/h1-3,6-10H,4-5,11H2,(H,20,23). The number of amides is 1. The highest BCUT2D eigenvalue weighted by Crippen LogP contribution is 2.14. The fourth-order valence-electron chi connectivity index (χ4n) is 2.13. The first-order valence-corrected chi connectivity index (χ1v) is 7.82. The summed E-state index contributed by atoms with van der Waals surface area (Å²) in [7, 11) is 0. The maximum atomic E-state index is 11.9. The van der Waals surface area contributed by atoms with Gasteiger partial charge in [-0.15, -0.1) is 0 Å². The van der Waals surface area contributed by atoms with Crippen LogP contribution in [0.1, 0.15) is 17.9 Å². The van der Waals surface area contributed by atoms with Crippen LogP contribution in [0.3, 0.4) is 0 Å². The Kier molecular flexibility index (Phi) is 5.18. The Morgan fingerprint density at radius 1 is 1.21 bits per heavy atom. The van der Waals surface area contributed by atoms with Gasteiger partial charge in [0.1, 0.15) is 0 Å². The molecule has 0 saturated carbocycles. The molecule has 6 nitrogen and oxygen atoms in total. The van der Waals surface area contributed by atoms with Crippen molar-refractivity contribution in [2.75, 3.05) is 0 Å². The normalized spacial score (nSPS) is 10.5. The smallest absolute Gasteiger partial charge is 0.227 e. The van der Waals surface area contributed by atoms with E-state index >= 15 is 0 Å². The van der Waals surface area contributed by atoms with Gasteiger partial charge < -0.3 is 9.84 Å². The summed E-state index contributed by atoms with van der Waals surface area (Å²) in [6.07, 6.45) is 3.99. The van der Waals surface area contributed by atoms with Crippen molar-refractivity contribution in [3.63, 3.8) is 0 Å². The van der Waals surface area contributed by atoms with Crippen LogP contribution in [-0.2, 0) is 17.8 Å². The molecular weight excluding hydrogens is 328 g/mol. The van der Waals surface area contributed by atoms with E-state index in [1.807, 2.05) is 18.2 Å². The minimum absolute atomic E-state index is 0.0846. The lowest BCUT2D eigenvalue weighted by Gasteiger charge is -2.04. The fourth-order valence-corrected chi connectivity index (χ4v) is 2.34. The summed E-state index contributed by atoms with van der Waals surface area (Å²) in [6.45, 7) is 0.436. The van der Waals surface area contributed by atoms with Gasteiger partial charge in [0.15, 0.2) is 0 Å². The van der Waals surface area contributed by atoms with E-state index in [0.29, 0.717) is 29.7 Å². The largest absolute Gasteiger partial charge is 0.352 e. The molecule has 0 fully saturated rings. The number of pyridine rings is 1. The number of hydrogen-bond acceptors (Lipinski definition) is 5. The molecule has 0 aliphatic carbocycles. The maximum absolute atomic E-state index is 11.9. The van der Waals surface area contributed by atoms with E-state index in [2.05, 4.69) is 20.4 Å². The highest BCUT2D eigenvalue weighted by Gasteiger charge is 2.10. The maximum Gasteiger partial charge on any atom is 0.227 e. The number of nitrogens with one attached hydrogen (secondary N) is 1. The number of benzene rings is 1. The van der Waals surface area contributed by atoms with Crippen LogP contribution in [0.4, 0.5) is 0 Å². The molecule has 3 aromatic rings. The van der Waals surface area contributed by atoms with Crippen molar-refractivity contribution in [2.45, 2.75) is 19.4 Å². The van der Waals surface area contributed by atoms with Crippen molar-refractivity contribution in [2.24, 2.45) is 0 Å². The quantitative estimate of drug-likeness (QED) is 0.744. The summed E-state index contributed by atoms with van der Waals surface area (Å²) in [5, 5.41) is 7.40. The molecule has 3 rings (SSSR count). The second-order valence-electron chi connectivity index (χ2n) is 5.15. The second-order valence-corrected chi connectivity index (χ2v) is 5.59. The first kappa shape index (κ1) is 16.1. The number of aryl methyl sites for hydroxylation is 1. The van der Waals surface area contributed by atoms with Crippen LogP contribution in [0.15, 0.2) is 53.3 Å². The Hall–Kier alpha value is -2.73. The number of nitrogens with zero attached hydrogens (tertiary/aromatic N) is 3. The van der Waals surface area contributed by atoms with E-state index in [-0.39, 0.29) is 12.3 Å². The molecular formula is C17H15ClN4O2. The van der Waals surface area contributed by atoms with Gasteiger partial charge in [-0.25, -0.2) is 0 Å². The van der Waals surface area contributed by atoms with Gasteiger partial charge in [-0.1, -0.05) is 28.9 Å². The molecule has 1 N–H and O–H groups in total. The Morgan fingerprint density at radius 3 is 2.83 bits per heavy atom. The number of carbonyl (C=O) groups excluding carboxylic acids is 1. The zero-order valence-electron chi connectivity index (χ0n) is 12.8. The molecule has 0 radical (unpaired) electrons. The molecule has 0 saturated heterocycles. The van der Waals surface area contributed by atoms with Crippen LogP contribution >= 0.6 is 11.6 Å². The predicted octanol–water partition coefficient (Wildman–Crippen LogP) is 3.03. The van der Waals surface area contributed by atoms with Crippen molar-refractivity contribution in [1.82, 2.24) is 20.4 Å². The highest BCUT2D eigenvalue weighted by atomic mass is 35.5. The lowest BCUT2D eigenvalue weighted by molar-refractivity contribution is -0.121. The van der Waals surface area contributed by atoms with Crippen molar-refractivity contribution < 1.29 is 9.32 Å². The third-order valence-corrected chi connectivity index (χ3v) is 3.59. The molecule has 7 heteroatoms. The van der Waals surface area contributed by atoms with Gasteiger partial charge in [-0.2, -0.15) is 4.98 Å². The number of carbonyl (C=O) groups is 1. The number of hydrogen-bond donors (Lipinski definition) is 1. The molecule has 24 heavy (non-hydrogen) atoms. The van der Waals surface area contributed by atoms with E-state index in [0.717, 1.165) is 11.1 Å². The Labute approximate surface area is 143 Å². The minimum atomic E-state index is -0.0846.